The first-order valence-corrected chi connectivity index (χ1v) is 8.44. The predicted molar refractivity (Wildman–Crippen MR) is 95.0 cm³/mol. The third kappa shape index (κ3) is 6.23. The summed E-state index contributed by atoms with van der Waals surface area (Å²) >= 11 is 0. The molecule has 0 aromatic rings. The highest BCUT2D eigenvalue weighted by atomic mass is 16.2. The van der Waals surface area contributed by atoms with E-state index in [1.54, 1.807) is 0 Å². The van der Waals surface area contributed by atoms with Gasteiger partial charge in [-0.05, 0) is 12.8 Å². The summed E-state index contributed by atoms with van der Waals surface area (Å²) in [6, 6.07) is 0.481. The Morgan fingerprint density at radius 1 is 0.917 bits per heavy atom. The molecule has 2 amide bonds. The predicted octanol–water partition coefficient (Wildman–Crippen LogP) is -0.340. The van der Waals surface area contributed by atoms with E-state index >= 15 is 0 Å². The van der Waals surface area contributed by atoms with Gasteiger partial charge in [0.05, 0.1) is 26.2 Å². The molecule has 0 saturated carbocycles. The molecule has 132 valence electrons. The van der Waals surface area contributed by atoms with E-state index in [1.807, 2.05) is 0 Å². The SMILES string of the molecule is C#CCNC(=O)CN1C[C@@H](CC)N(CC(=O)NCC#C)C[C@H]1CC. The second-order valence-corrected chi connectivity index (χ2v) is 5.94. The number of carbonyl (C=O) groups excluding carboxylic acids is 2. The second-order valence-electron chi connectivity index (χ2n) is 5.94. The van der Waals surface area contributed by atoms with Crippen LogP contribution in [0.5, 0.6) is 0 Å². The van der Waals surface area contributed by atoms with Crippen molar-refractivity contribution in [1.82, 2.24) is 20.4 Å². The Bertz CT molecular complexity index is 460. The molecule has 0 aliphatic carbocycles. The molecule has 1 aliphatic rings. The Kier molecular flexibility index (Phi) is 8.93. The van der Waals surface area contributed by atoms with Crippen molar-refractivity contribution in [2.24, 2.45) is 0 Å². The minimum Gasteiger partial charge on any atom is -0.344 e. The van der Waals surface area contributed by atoms with Crippen LogP contribution >= 0.6 is 0 Å². The molecule has 0 unspecified atom stereocenters. The number of nitrogens with zero attached hydrogens (tertiary/aromatic N) is 2. The quantitative estimate of drug-likeness (QED) is 0.597. The number of carbonyl (C=O) groups is 2. The van der Waals surface area contributed by atoms with Crippen molar-refractivity contribution in [3.8, 4) is 24.7 Å². The van der Waals surface area contributed by atoms with Crippen LogP contribution < -0.4 is 10.6 Å². The number of hydrogen-bond acceptors (Lipinski definition) is 4. The van der Waals surface area contributed by atoms with Crippen LogP contribution in [0.25, 0.3) is 0 Å². The van der Waals surface area contributed by atoms with Gasteiger partial charge >= 0.3 is 0 Å². The molecule has 2 atom stereocenters. The van der Waals surface area contributed by atoms with Crippen LogP contribution in [0, 0.1) is 24.7 Å². The van der Waals surface area contributed by atoms with Crippen LogP contribution in [0.15, 0.2) is 0 Å². The zero-order chi connectivity index (χ0) is 17.9. The number of hydrogen-bond donors (Lipinski definition) is 2. The van der Waals surface area contributed by atoms with Gasteiger partial charge in [-0.15, -0.1) is 12.8 Å². The summed E-state index contributed by atoms with van der Waals surface area (Å²) in [5.41, 5.74) is 0. The van der Waals surface area contributed by atoms with Gasteiger partial charge in [-0.1, -0.05) is 25.7 Å². The Morgan fingerprint density at radius 3 is 1.58 bits per heavy atom. The molecule has 1 fully saturated rings. The number of rotatable bonds is 8. The lowest BCUT2D eigenvalue weighted by atomic mass is 10.0. The summed E-state index contributed by atoms with van der Waals surface area (Å²) < 4.78 is 0. The Balaban J connectivity index is 2.65. The van der Waals surface area contributed by atoms with E-state index in [0.29, 0.717) is 13.1 Å². The van der Waals surface area contributed by atoms with Gasteiger partial charge in [-0.25, -0.2) is 0 Å². The Labute approximate surface area is 145 Å². The van der Waals surface area contributed by atoms with E-state index < -0.39 is 0 Å². The van der Waals surface area contributed by atoms with Crippen LogP contribution in [0.1, 0.15) is 26.7 Å². The van der Waals surface area contributed by atoms with Crippen molar-refractivity contribution in [1.29, 1.82) is 0 Å². The molecule has 0 radical (unpaired) electrons. The summed E-state index contributed by atoms with van der Waals surface area (Å²) in [7, 11) is 0. The Morgan fingerprint density at radius 2 is 1.29 bits per heavy atom. The molecule has 1 aliphatic heterocycles. The van der Waals surface area contributed by atoms with E-state index in [-0.39, 0.29) is 37.0 Å². The first-order chi connectivity index (χ1) is 11.5. The Hall–Kier alpha value is -2.02. The average molecular weight is 332 g/mol. The van der Waals surface area contributed by atoms with Gasteiger partial charge in [0.1, 0.15) is 0 Å². The maximum atomic E-state index is 12.0. The van der Waals surface area contributed by atoms with E-state index in [0.717, 1.165) is 25.9 Å². The maximum Gasteiger partial charge on any atom is 0.234 e. The van der Waals surface area contributed by atoms with Gasteiger partial charge in [-0.2, -0.15) is 0 Å². The maximum absolute atomic E-state index is 12.0. The summed E-state index contributed by atoms with van der Waals surface area (Å²) in [5, 5.41) is 5.42. The molecule has 24 heavy (non-hydrogen) atoms. The largest absolute Gasteiger partial charge is 0.344 e. The van der Waals surface area contributed by atoms with E-state index in [1.165, 1.54) is 0 Å². The van der Waals surface area contributed by atoms with Gasteiger partial charge < -0.3 is 10.6 Å². The van der Waals surface area contributed by atoms with Gasteiger partial charge in [0.25, 0.3) is 0 Å². The number of piperazine rings is 1. The van der Waals surface area contributed by atoms with E-state index in [4.69, 9.17) is 12.8 Å². The highest BCUT2D eigenvalue weighted by Gasteiger charge is 2.33. The van der Waals surface area contributed by atoms with Crippen molar-refractivity contribution in [3.63, 3.8) is 0 Å². The molecule has 6 heteroatoms. The van der Waals surface area contributed by atoms with Crippen molar-refractivity contribution >= 4 is 11.8 Å². The molecule has 0 spiro atoms. The third-order valence-corrected chi connectivity index (χ3v) is 4.33. The van der Waals surface area contributed by atoms with E-state index in [9.17, 15) is 9.59 Å². The molecule has 1 rings (SSSR count). The zero-order valence-electron chi connectivity index (χ0n) is 14.7. The minimum atomic E-state index is -0.0542. The lowest BCUT2D eigenvalue weighted by Crippen LogP contribution is -2.60. The fourth-order valence-corrected chi connectivity index (χ4v) is 3.01. The lowest BCUT2D eigenvalue weighted by molar-refractivity contribution is -0.127. The van der Waals surface area contributed by atoms with E-state index in [2.05, 4.69) is 46.1 Å². The summed E-state index contributed by atoms with van der Waals surface area (Å²) in [6.45, 7) is 6.91. The van der Waals surface area contributed by atoms with Gasteiger partial charge in [-0.3, -0.25) is 19.4 Å². The monoisotopic (exact) mass is 332 g/mol. The summed E-state index contributed by atoms with van der Waals surface area (Å²) in [4.78, 5) is 28.3. The standard InChI is InChI=1S/C18H28N4O2/c1-5-9-19-17(23)13-21-11-16(8-4)22(12-15(21)7-3)14-18(24)20-10-6-2/h1-2,15-16H,7-14H2,3-4H3,(H,19,23)(H,20,24)/t15-,16-/m1/s1. The number of nitrogens with one attached hydrogen (secondary N) is 2. The fraction of sp³-hybridized carbons (Fsp3) is 0.667. The first-order valence-electron chi connectivity index (χ1n) is 8.44. The number of amides is 2. The van der Waals surface area contributed by atoms with Crippen LogP contribution in [-0.4, -0.2) is 73.0 Å². The molecule has 6 nitrogen and oxygen atoms in total. The van der Waals surface area contributed by atoms with Crippen LogP contribution in [-0.2, 0) is 9.59 Å². The van der Waals surface area contributed by atoms with Crippen molar-refractivity contribution in [2.45, 2.75) is 38.8 Å². The van der Waals surface area contributed by atoms with Crippen molar-refractivity contribution < 1.29 is 9.59 Å². The van der Waals surface area contributed by atoms with Crippen molar-refractivity contribution in [2.75, 3.05) is 39.3 Å². The summed E-state index contributed by atoms with van der Waals surface area (Å²) in [5.74, 6) is 4.71. The van der Waals surface area contributed by atoms with Gasteiger partial charge in [0, 0.05) is 25.2 Å². The molecule has 2 N–H and O–H groups in total. The van der Waals surface area contributed by atoms with Crippen LogP contribution in [0.4, 0.5) is 0 Å². The van der Waals surface area contributed by atoms with Crippen LogP contribution in [0.3, 0.4) is 0 Å². The normalized spacial score (nSPS) is 21.5. The fourth-order valence-electron chi connectivity index (χ4n) is 3.01. The second kappa shape index (κ2) is 10.7. The molecule has 1 saturated heterocycles. The third-order valence-electron chi connectivity index (χ3n) is 4.33. The molecular formula is C18H28N4O2. The van der Waals surface area contributed by atoms with Crippen molar-refractivity contribution in [3.05, 3.63) is 0 Å². The zero-order valence-corrected chi connectivity index (χ0v) is 14.7. The first kappa shape index (κ1) is 20.0. The topological polar surface area (TPSA) is 64.7 Å². The highest BCUT2D eigenvalue weighted by Crippen LogP contribution is 2.19. The van der Waals surface area contributed by atoms with Crippen LogP contribution in [0.2, 0.25) is 0 Å². The highest BCUT2D eigenvalue weighted by molar-refractivity contribution is 5.79. The minimum absolute atomic E-state index is 0.0542. The smallest absolute Gasteiger partial charge is 0.234 e. The lowest BCUT2D eigenvalue weighted by Gasteiger charge is -2.45. The summed E-state index contributed by atoms with van der Waals surface area (Å²) in [6.07, 6.45) is 12.2. The van der Waals surface area contributed by atoms with Gasteiger partial charge in [0.15, 0.2) is 0 Å². The molecule has 0 aromatic carbocycles. The average Bonchev–Trinajstić information content (AvgIpc) is 2.58. The molecular weight excluding hydrogens is 304 g/mol. The molecule has 0 aromatic heterocycles. The van der Waals surface area contributed by atoms with Gasteiger partial charge in [0.2, 0.25) is 11.8 Å². The molecule has 0 bridgehead atoms. The number of terminal acetylenes is 2. The molecule has 1 heterocycles.